The molecule has 1 amide bonds. The summed E-state index contributed by atoms with van der Waals surface area (Å²) in [5, 5.41) is 10.1. The molecule has 35 heavy (non-hydrogen) atoms. The Balaban J connectivity index is 1.44. The minimum atomic E-state index is -2.94. The maximum absolute atomic E-state index is 14.4. The number of amides is 1. The Morgan fingerprint density at radius 1 is 1.29 bits per heavy atom. The first-order chi connectivity index (χ1) is 16.6. The van der Waals surface area contributed by atoms with Crippen molar-refractivity contribution in [2.45, 2.75) is 32.7 Å². The number of ether oxygens (including phenoxy) is 1. The molecule has 10 nitrogen and oxygen atoms in total. The fourth-order valence-corrected chi connectivity index (χ4v) is 4.37. The van der Waals surface area contributed by atoms with E-state index >= 15 is 0 Å². The highest BCUT2D eigenvalue weighted by atomic mass is 35.5. The molecular weight excluding hydrogens is 482 g/mol. The molecule has 0 aromatic carbocycles. The summed E-state index contributed by atoms with van der Waals surface area (Å²) in [6, 6.07) is 4.50. The highest BCUT2D eigenvalue weighted by molar-refractivity contribution is 6.36. The maximum atomic E-state index is 14.4. The van der Waals surface area contributed by atoms with E-state index in [2.05, 4.69) is 30.7 Å². The topological polar surface area (TPSA) is 112 Å². The Kier molecular flexibility index (Phi) is 5.55. The average Bonchev–Trinajstić information content (AvgIpc) is 3.31. The van der Waals surface area contributed by atoms with Crippen LogP contribution in [-0.4, -0.2) is 35.2 Å². The molecule has 1 unspecified atom stereocenters. The third-order valence-electron chi connectivity index (χ3n) is 5.55. The number of carbonyl (C=O) groups is 1. The van der Waals surface area contributed by atoms with Crippen LogP contribution in [0.5, 0.6) is 11.5 Å². The van der Waals surface area contributed by atoms with Gasteiger partial charge in [0.2, 0.25) is 11.9 Å². The summed E-state index contributed by atoms with van der Waals surface area (Å²) < 4.78 is 37.7. The number of carbonyl (C=O) groups excluding carboxylic acids is 1. The molecule has 0 aliphatic carbocycles. The molecule has 13 heteroatoms. The number of nitrogens with one attached hydrogen (secondary N) is 2. The summed E-state index contributed by atoms with van der Waals surface area (Å²) in [5.41, 5.74) is 0.689. The van der Waals surface area contributed by atoms with Crippen LogP contribution in [0.2, 0.25) is 5.02 Å². The molecule has 5 rings (SSSR count). The van der Waals surface area contributed by atoms with Gasteiger partial charge in [-0.25, -0.2) is 9.97 Å². The van der Waals surface area contributed by atoms with E-state index in [1.165, 1.54) is 30.1 Å². The van der Waals surface area contributed by atoms with Crippen molar-refractivity contribution in [1.82, 2.24) is 29.3 Å². The van der Waals surface area contributed by atoms with Crippen molar-refractivity contribution >= 4 is 46.3 Å². The van der Waals surface area contributed by atoms with Crippen molar-refractivity contribution < 1.29 is 18.3 Å². The Bertz CT molecular complexity index is 1450. The van der Waals surface area contributed by atoms with Gasteiger partial charge < -0.3 is 19.9 Å². The van der Waals surface area contributed by atoms with Crippen molar-refractivity contribution in [3.63, 3.8) is 0 Å². The second-order valence-electron chi connectivity index (χ2n) is 8.50. The third-order valence-corrected chi connectivity index (χ3v) is 5.92. The zero-order valence-electron chi connectivity index (χ0n) is 19.0. The first-order valence-electron chi connectivity index (χ1n) is 10.8. The zero-order chi connectivity index (χ0) is 24.9. The lowest BCUT2D eigenvalue weighted by molar-refractivity contribution is -0.114. The summed E-state index contributed by atoms with van der Waals surface area (Å²) in [6.07, 6.45) is 2.70. The monoisotopic (exact) mass is 502 g/mol. The number of halogens is 3. The highest BCUT2D eigenvalue weighted by Crippen LogP contribution is 2.41. The predicted molar refractivity (Wildman–Crippen MR) is 125 cm³/mol. The molecule has 4 aromatic rings. The highest BCUT2D eigenvalue weighted by Gasteiger charge is 2.41. The van der Waals surface area contributed by atoms with Crippen molar-refractivity contribution in [1.29, 1.82) is 0 Å². The largest absolute Gasteiger partial charge is 0.454 e. The summed E-state index contributed by atoms with van der Waals surface area (Å²) >= 11 is 6.62. The number of aryl methyl sites for hydroxylation is 1. The second-order valence-corrected chi connectivity index (χ2v) is 8.88. The van der Waals surface area contributed by atoms with E-state index in [4.69, 9.17) is 16.3 Å². The number of rotatable bonds is 5. The normalized spacial score (nSPS) is 16.7. The maximum Gasteiger partial charge on any atom is 0.289 e. The minimum absolute atomic E-state index is 0.125. The van der Waals surface area contributed by atoms with Gasteiger partial charge in [0.25, 0.3) is 5.92 Å². The first-order valence-corrected chi connectivity index (χ1v) is 11.1. The molecule has 182 valence electrons. The molecule has 0 bridgehead atoms. The van der Waals surface area contributed by atoms with Crippen LogP contribution >= 0.6 is 11.6 Å². The number of anilines is 3. The number of pyridine rings is 2. The van der Waals surface area contributed by atoms with Crippen LogP contribution in [0.4, 0.5) is 26.4 Å². The van der Waals surface area contributed by atoms with Crippen LogP contribution in [0.25, 0.3) is 11.2 Å². The van der Waals surface area contributed by atoms with Gasteiger partial charge in [-0.1, -0.05) is 18.5 Å². The van der Waals surface area contributed by atoms with Crippen LogP contribution in [0.1, 0.15) is 26.0 Å². The van der Waals surface area contributed by atoms with Crippen LogP contribution in [0.15, 0.2) is 30.6 Å². The molecule has 5 heterocycles. The van der Waals surface area contributed by atoms with Crippen LogP contribution in [-0.2, 0) is 24.3 Å². The second kappa shape index (κ2) is 8.45. The standard InChI is InChI=1S/C22H21ClF2N8O2/c1-11-8-22(24,25)15-7-17(31-33(15)10-11)29-21-30-20-19(32(21)3)18(23)14(9-27-20)35-13-4-5-26-16(6-13)28-12(2)34/h4-7,9,11H,8,10H2,1-3H3,(H,26,28,34)(H,27,29,30,31). The lowest BCUT2D eigenvalue weighted by Crippen LogP contribution is -2.30. The van der Waals surface area contributed by atoms with Gasteiger partial charge >= 0.3 is 0 Å². The van der Waals surface area contributed by atoms with E-state index in [0.29, 0.717) is 35.2 Å². The Morgan fingerprint density at radius 3 is 2.86 bits per heavy atom. The van der Waals surface area contributed by atoms with Crippen LogP contribution in [0.3, 0.4) is 0 Å². The summed E-state index contributed by atoms with van der Waals surface area (Å²) in [4.78, 5) is 24.1. The van der Waals surface area contributed by atoms with Crippen molar-refractivity contribution in [2.24, 2.45) is 13.0 Å². The molecule has 1 atom stereocenters. The molecule has 1 aliphatic rings. The smallest absolute Gasteiger partial charge is 0.289 e. The summed E-state index contributed by atoms with van der Waals surface area (Å²) in [5.74, 6) is -1.82. The van der Waals surface area contributed by atoms with Crippen molar-refractivity contribution in [3.05, 3.63) is 41.3 Å². The van der Waals surface area contributed by atoms with Gasteiger partial charge in [0, 0.05) is 45.3 Å². The summed E-state index contributed by atoms with van der Waals surface area (Å²) in [6.45, 7) is 3.57. The third kappa shape index (κ3) is 4.36. The molecule has 0 spiro atoms. The van der Waals surface area contributed by atoms with E-state index in [1.807, 2.05) is 0 Å². The molecular formula is C22H21ClF2N8O2. The van der Waals surface area contributed by atoms with E-state index in [1.54, 1.807) is 30.7 Å². The van der Waals surface area contributed by atoms with Gasteiger partial charge in [-0.3, -0.25) is 9.48 Å². The predicted octanol–water partition coefficient (Wildman–Crippen LogP) is 4.84. The molecule has 1 aliphatic heterocycles. The summed E-state index contributed by atoms with van der Waals surface area (Å²) in [7, 11) is 1.71. The molecule has 0 fully saturated rings. The number of hydrogen-bond donors (Lipinski definition) is 2. The molecule has 0 saturated carbocycles. The van der Waals surface area contributed by atoms with Gasteiger partial charge in [0.1, 0.15) is 27.8 Å². The molecule has 0 saturated heterocycles. The minimum Gasteiger partial charge on any atom is -0.454 e. The Morgan fingerprint density at radius 2 is 2.09 bits per heavy atom. The molecule has 0 radical (unpaired) electrons. The van der Waals surface area contributed by atoms with Gasteiger partial charge in [0.05, 0.1) is 6.20 Å². The fraction of sp³-hybridized carbons (Fsp3) is 0.318. The number of aromatic nitrogens is 6. The molecule has 4 aromatic heterocycles. The number of nitrogens with zero attached hydrogens (tertiary/aromatic N) is 6. The van der Waals surface area contributed by atoms with E-state index in [0.717, 1.165) is 0 Å². The van der Waals surface area contributed by atoms with Crippen LogP contribution < -0.4 is 15.4 Å². The zero-order valence-corrected chi connectivity index (χ0v) is 19.8. The van der Waals surface area contributed by atoms with E-state index in [-0.39, 0.29) is 40.5 Å². The van der Waals surface area contributed by atoms with E-state index < -0.39 is 5.92 Å². The Hall–Kier alpha value is -3.80. The first kappa shape index (κ1) is 23.0. The number of imidazole rings is 1. The van der Waals surface area contributed by atoms with Crippen LogP contribution in [0, 0.1) is 5.92 Å². The number of hydrogen-bond acceptors (Lipinski definition) is 7. The Labute approximate surface area is 203 Å². The van der Waals surface area contributed by atoms with Gasteiger partial charge in [-0.05, 0) is 12.0 Å². The van der Waals surface area contributed by atoms with Crippen molar-refractivity contribution in [2.75, 3.05) is 10.6 Å². The SMILES string of the molecule is CC(=O)Nc1cc(Oc2cnc3nc(Nc4cc5n(n4)CC(C)CC5(F)F)n(C)c3c2Cl)ccn1. The molecule has 2 N–H and O–H groups in total. The lowest BCUT2D eigenvalue weighted by atomic mass is 9.97. The number of fused-ring (bicyclic) bond motifs is 2. The van der Waals surface area contributed by atoms with Gasteiger partial charge in [-0.15, -0.1) is 0 Å². The average molecular weight is 503 g/mol. The van der Waals surface area contributed by atoms with Gasteiger partial charge in [0.15, 0.2) is 17.2 Å². The lowest BCUT2D eigenvalue weighted by Gasteiger charge is -2.27. The van der Waals surface area contributed by atoms with Gasteiger partial charge in [-0.2, -0.15) is 18.9 Å². The number of alkyl halides is 2. The quantitative estimate of drug-likeness (QED) is 0.401. The fourth-order valence-electron chi connectivity index (χ4n) is 4.07. The van der Waals surface area contributed by atoms with Crippen molar-refractivity contribution in [3.8, 4) is 11.5 Å². The van der Waals surface area contributed by atoms with E-state index in [9.17, 15) is 13.6 Å².